The molecule has 0 bridgehead atoms. The Morgan fingerprint density at radius 2 is 1.89 bits per heavy atom. The smallest absolute Gasteiger partial charge is 0.163 e. The fourth-order valence-electron chi connectivity index (χ4n) is 3.00. The molecule has 2 fully saturated rings. The second kappa shape index (κ2) is 4.87. The van der Waals surface area contributed by atoms with Crippen LogP contribution in [0.1, 0.15) is 25.8 Å². The molecule has 19 heavy (non-hydrogen) atoms. The molecule has 3 rings (SSSR count). The maximum atomic E-state index is 10.1. The van der Waals surface area contributed by atoms with Gasteiger partial charge in [-0.3, -0.25) is 0 Å². The molecule has 0 aromatic heterocycles. The van der Waals surface area contributed by atoms with Gasteiger partial charge in [0, 0.05) is 12.6 Å². The molecule has 0 amide bonds. The quantitative estimate of drug-likeness (QED) is 0.866. The standard InChI is InChI=1S/C15H21NO3/c1-15(2)18-13-11(8-12(17)14(13)19-15)16-9-10-6-4-3-5-7-10/h3-7,11-14,16-17H,8-9H2,1-2H3/t11-,12+,13+,14-/m1/s1. The van der Waals surface area contributed by atoms with Crippen molar-refractivity contribution in [2.24, 2.45) is 0 Å². The summed E-state index contributed by atoms with van der Waals surface area (Å²) in [7, 11) is 0. The predicted octanol–water partition coefficient (Wildman–Crippen LogP) is 1.43. The predicted molar refractivity (Wildman–Crippen MR) is 71.5 cm³/mol. The molecule has 0 radical (unpaired) electrons. The summed E-state index contributed by atoms with van der Waals surface area (Å²) in [5, 5.41) is 13.5. The Morgan fingerprint density at radius 1 is 1.21 bits per heavy atom. The van der Waals surface area contributed by atoms with Crippen LogP contribution in [0.3, 0.4) is 0 Å². The number of hydrogen-bond acceptors (Lipinski definition) is 4. The molecular weight excluding hydrogens is 242 g/mol. The van der Waals surface area contributed by atoms with Crippen LogP contribution in [0, 0.1) is 0 Å². The number of benzene rings is 1. The summed E-state index contributed by atoms with van der Waals surface area (Å²) in [6.07, 6.45) is -0.0323. The minimum atomic E-state index is -0.594. The SMILES string of the molecule is CC1(C)O[C@@H]2[C@H](O1)[C@@H](O)C[C@H]2NCc1ccccc1. The first-order valence-corrected chi connectivity index (χ1v) is 6.86. The normalized spacial score (nSPS) is 36.4. The summed E-state index contributed by atoms with van der Waals surface area (Å²) in [5.74, 6) is -0.594. The molecule has 2 N–H and O–H groups in total. The lowest BCUT2D eigenvalue weighted by Crippen LogP contribution is -2.39. The van der Waals surface area contributed by atoms with Crippen LogP contribution >= 0.6 is 0 Å². The van der Waals surface area contributed by atoms with E-state index >= 15 is 0 Å². The molecule has 1 heterocycles. The van der Waals surface area contributed by atoms with Gasteiger partial charge < -0.3 is 19.9 Å². The summed E-state index contributed by atoms with van der Waals surface area (Å²) < 4.78 is 11.7. The van der Waals surface area contributed by atoms with Gasteiger partial charge in [0.1, 0.15) is 12.2 Å². The van der Waals surface area contributed by atoms with E-state index in [0.29, 0.717) is 6.42 Å². The minimum absolute atomic E-state index is 0.0614. The van der Waals surface area contributed by atoms with Crippen LogP contribution in [-0.2, 0) is 16.0 Å². The van der Waals surface area contributed by atoms with E-state index in [4.69, 9.17) is 9.47 Å². The second-order valence-corrected chi connectivity index (χ2v) is 5.84. The average Bonchev–Trinajstić information content (AvgIpc) is 2.84. The summed E-state index contributed by atoms with van der Waals surface area (Å²) in [6, 6.07) is 10.4. The first kappa shape index (κ1) is 13.1. The number of rotatable bonds is 3. The third kappa shape index (κ3) is 2.67. The van der Waals surface area contributed by atoms with Crippen LogP contribution in [0.4, 0.5) is 0 Å². The van der Waals surface area contributed by atoms with E-state index in [1.165, 1.54) is 5.56 Å². The van der Waals surface area contributed by atoms with Crippen molar-refractivity contribution in [2.45, 2.75) is 57.0 Å². The zero-order valence-corrected chi connectivity index (χ0v) is 11.4. The highest BCUT2D eigenvalue weighted by Crippen LogP contribution is 2.38. The molecular formula is C15H21NO3. The number of hydrogen-bond donors (Lipinski definition) is 2. The van der Waals surface area contributed by atoms with Crippen LogP contribution in [0.15, 0.2) is 30.3 Å². The van der Waals surface area contributed by atoms with Crippen LogP contribution in [0.25, 0.3) is 0 Å². The van der Waals surface area contributed by atoms with E-state index in [1.54, 1.807) is 0 Å². The molecule has 4 nitrogen and oxygen atoms in total. The lowest BCUT2D eigenvalue weighted by atomic mass is 10.1. The summed E-state index contributed by atoms with van der Waals surface area (Å²) in [6.45, 7) is 4.57. The van der Waals surface area contributed by atoms with Crippen molar-refractivity contribution in [3.63, 3.8) is 0 Å². The van der Waals surface area contributed by atoms with Gasteiger partial charge in [0.25, 0.3) is 0 Å². The number of nitrogens with one attached hydrogen (secondary N) is 1. The van der Waals surface area contributed by atoms with E-state index in [-0.39, 0.29) is 18.2 Å². The van der Waals surface area contributed by atoms with E-state index in [1.807, 2.05) is 32.0 Å². The first-order valence-electron chi connectivity index (χ1n) is 6.86. The van der Waals surface area contributed by atoms with Crippen molar-refractivity contribution in [2.75, 3.05) is 0 Å². The van der Waals surface area contributed by atoms with Gasteiger partial charge >= 0.3 is 0 Å². The molecule has 4 atom stereocenters. The summed E-state index contributed by atoms with van der Waals surface area (Å²) >= 11 is 0. The minimum Gasteiger partial charge on any atom is -0.390 e. The Hall–Kier alpha value is -0.940. The molecule has 1 saturated carbocycles. The number of fused-ring (bicyclic) bond motifs is 1. The second-order valence-electron chi connectivity index (χ2n) is 5.84. The van der Waals surface area contributed by atoms with Crippen molar-refractivity contribution in [1.29, 1.82) is 0 Å². The van der Waals surface area contributed by atoms with E-state index in [2.05, 4.69) is 17.4 Å². The molecule has 0 unspecified atom stereocenters. The first-order chi connectivity index (χ1) is 9.05. The molecule has 1 saturated heterocycles. The molecule has 104 valence electrons. The van der Waals surface area contributed by atoms with Crippen LogP contribution < -0.4 is 5.32 Å². The highest BCUT2D eigenvalue weighted by Gasteiger charge is 2.53. The van der Waals surface area contributed by atoms with Crippen LogP contribution in [0.2, 0.25) is 0 Å². The topological polar surface area (TPSA) is 50.7 Å². The fourth-order valence-corrected chi connectivity index (χ4v) is 3.00. The Morgan fingerprint density at radius 3 is 2.63 bits per heavy atom. The molecule has 1 aliphatic heterocycles. The largest absolute Gasteiger partial charge is 0.390 e. The number of ether oxygens (including phenoxy) is 2. The van der Waals surface area contributed by atoms with Crippen molar-refractivity contribution < 1.29 is 14.6 Å². The lowest BCUT2D eigenvalue weighted by Gasteiger charge is -2.23. The van der Waals surface area contributed by atoms with Gasteiger partial charge in [-0.25, -0.2) is 0 Å². The summed E-state index contributed by atoms with van der Waals surface area (Å²) in [5.41, 5.74) is 1.23. The van der Waals surface area contributed by atoms with Crippen molar-refractivity contribution in [3.8, 4) is 0 Å². The third-order valence-corrected chi connectivity index (χ3v) is 3.85. The lowest BCUT2D eigenvalue weighted by molar-refractivity contribution is -0.164. The Labute approximate surface area is 113 Å². The zero-order valence-electron chi connectivity index (χ0n) is 11.4. The van der Waals surface area contributed by atoms with Gasteiger partial charge in [0.15, 0.2) is 5.79 Å². The molecule has 1 aliphatic carbocycles. The zero-order chi connectivity index (χ0) is 13.5. The van der Waals surface area contributed by atoms with Crippen molar-refractivity contribution in [3.05, 3.63) is 35.9 Å². The van der Waals surface area contributed by atoms with E-state index in [9.17, 15) is 5.11 Å². The van der Waals surface area contributed by atoms with Crippen molar-refractivity contribution >= 4 is 0 Å². The van der Waals surface area contributed by atoms with Crippen LogP contribution in [-0.4, -0.2) is 35.2 Å². The Bertz CT molecular complexity index is 434. The van der Waals surface area contributed by atoms with Gasteiger partial charge in [0.2, 0.25) is 0 Å². The molecule has 1 aromatic rings. The monoisotopic (exact) mass is 263 g/mol. The van der Waals surface area contributed by atoms with Gasteiger partial charge in [-0.05, 0) is 25.8 Å². The van der Waals surface area contributed by atoms with Crippen LogP contribution in [0.5, 0.6) is 0 Å². The van der Waals surface area contributed by atoms with E-state index < -0.39 is 11.9 Å². The molecule has 1 aromatic carbocycles. The van der Waals surface area contributed by atoms with E-state index in [0.717, 1.165) is 6.54 Å². The summed E-state index contributed by atoms with van der Waals surface area (Å²) in [4.78, 5) is 0. The van der Waals surface area contributed by atoms with Gasteiger partial charge in [0.05, 0.1) is 6.10 Å². The fraction of sp³-hybridized carbons (Fsp3) is 0.600. The molecule has 0 spiro atoms. The van der Waals surface area contributed by atoms with Gasteiger partial charge in [-0.2, -0.15) is 0 Å². The Kier molecular flexibility index (Phi) is 3.35. The maximum Gasteiger partial charge on any atom is 0.163 e. The third-order valence-electron chi connectivity index (χ3n) is 3.85. The Balaban J connectivity index is 1.63. The van der Waals surface area contributed by atoms with Gasteiger partial charge in [-0.15, -0.1) is 0 Å². The average molecular weight is 263 g/mol. The highest BCUT2D eigenvalue weighted by atomic mass is 16.8. The maximum absolute atomic E-state index is 10.1. The number of aliphatic hydroxyl groups excluding tert-OH is 1. The molecule has 2 aliphatic rings. The van der Waals surface area contributed by atoms with Gasteiger partial charge in [-0.1, -0.05) is 30.3 Å². The number of aliphatic hydroxyl groups is 1. The van der Waals surface area contributed by atoms with Crippen molar-refractivity contribution in [1.82, 2.24) is 5.32 Å². The highest BCUT2D eigenvalue weighted by molar-refractivity contribution is 5.15. The molecule has 4 heteroatoms.